The fourth-order valence-corrected chi connectivity index (χ4v) is 2.90. The Bertz CT molecular complexity index is 798. The number of fused-ring (bicyclic) bond motifs is 1. The van der Waals surface area contributed by atoms with Crippen molar-refractivity contribution in [3.8, 4) is 0 Å². The molecule has 0 N–H and O–H groups in total. The lowest BCUT2D eigenvalue weighted by atomic mass is 9.95. The van der Waals surface area contributed by atoms with Crippen LogP contribution < -0.4 is 0 Å². The highest BCUT2D eigenvalue weighted by atomic mass is 14.7. The standard InChI is InChI=1S/C20H21N/c1-13-5-8-17(9-6-13)12-18-15(3)19-11-14(2)7-10-20(19)21-16(18)4/h5-11H,12H2,1-4H3. The Kier molecular flexibility index (Phi) is 3.50. The summed E-state index contributed by atoms with van der Waals surface area (Å²) in [6.07, 6.45) is 0.953. The molecule has 1 nitrogen and oxygen atoms in total. The van der Waals surface area contributed by atoms with Crippen LogP contribution in [0.5, 0.6) is 0 Å². The molecular weight excluding hydrogens is 254 g/mol. The van der Waals surface area contributed by atoms with Crippen molar-refractivity contribution in [2.24, 2.45) is 0 Å². The van der Waals surface area contributed by atoms with Gasteiger partial charge in [0, 0.05) is 11.1 Å². The van der Waals surface area contributed by atoms with E-state index in [0.717, 1.165) is 17.6 Å². The molecule has 1 heteroatoms. The van der Waals surface area contributed by atoms with Crippen molar-refractivity contribution in [2.75, 3.05) is 0 Å². The first-order valence-corrected chi connectivity index (χ1v) is 7.46. The van der Waals surface area contributed by atoms with Crippen LogP contribution in [0.25, 0.3) is 10.9 Å². The third-order valence-corrected chi connectivity index (χ3v) is 4.24. The van der Waals surface area contributed by atoms with E-state index in [1.807, 2.05) is 0 Å². The van der Waals surface area contributed by atoms with E-state index in [4.69, 9.17) is 4.98 Å². The molecule has 0 saturated heterocycles. The molecule has 0 radical (unpaired) electrons. The van der Waals surface area contributed by atoms with Crippen molar-refractivity contribution in [1.82, 2.24) is 4.98 Å². The van der Waals surface area contributed by atoms with Gasteiger partial charge in [-0.1, -0.05) is 41.5 Å². The lowest BCUT2D eigenvalue weighted by molar-refractivity contribution is 1.08. The normalized spacial score (nSPS) is 11.0. The molecule has 0 aliphatic heterocycles. The molecule has 3 aromatic rings. The average Bonchev–Trinajstić information content (AvgIpc) is 2.46. The minimum Gasteiger partial charge on any atom is -0.253 e. The van der Waals surface area contributed by atoms with Crippen molar-refractivity contribution >= 4 is 10.9 Å². The molecular formula is C20H21N. The predicted molar refractivity (Wildman–Crippen MR) is 89.9 cm³/mol. The van der Waals surface area contributed by atoms with Crippen LogP contribution in [0.15, 0.2) is 42.5 Å². The summed E-state index contributed by atoms with van der Waals surface area (Å²) in [6.45, 7) is 8.61. The second-order valence-corrected chi connectivity index (χ2v) is 5.98. The van der Waals surface area contributed by atoms with Crippen molar-refractivity contribution < 1.29 is 0 Å². The first-order chi connectivity index (χ1) is 10.0. The molecule has 0 atom stereocenters. The van der Waals surface area contributed by atoms with E-state index >= 15 is 0 Å². The van der Waals surface area contributed by atoms with Gasteiger partial charge in [0.1, 0.15) is 0 Å². The molecule has 0 unspecified atom stereocenters. The molecule has 106 valence electrons. The van der Waals surface area contributed by atoms with Gasteiger partial charge in [-0.05, 0) is 62.9 Å². The van der Waals surface area contributed by atoms with E-state index in [0.29, 0.717) is 0 Å². The molecule has 1 aromatic heterocycles. The largest absolute Gasteiger partial charge is 0.253 e. The summed E-state index contributed by atoms with van der Waals surface area (Å²) >= 11 is 0. The lowest BCUT2D eigenvalue weighted by Gasteiger charge is -2.13. The maximum absolute atomic E-state index is 4.79. The van der Waals surface area contributed by atoms with Crippen LogP contribution in [0.3, 0.4) is 0 Å². The molecule has 2 aromatic carbocycles. The summed E-state index contributed by atoms with van der Waals surface area (Å²) in [7, 11) is 0. The Hall–Kier alpha value is -2.15. The lowest BCUT2D eigenvalue weighted by Crippen LogP contribution is -2.00. The van der Waals surface area contributed by atoms with Crippen LogP contribution in [0.2, 0.25) is 0 Å². The van der Waals surface area contributed by atoms with E-state index in [9.17, 15) is 0 Å². The van der Waals surface area contributed by atoms with Crippen LogP contribution in [-0.2, 0) is 6.42 Å². The third-order valence-electron chi connectivity index (χ3n) is 4.24. The van der Waals surface area contributed by atoms with Crippen LogP contribution >= 0.6 is 0 Å². The van der Waals surface area contributed by atoms with Crippen LogP contribution in [0.1, 0.15) is 33.5 Å². The highest BCUT2D eigenvalue weighted by molar-refractivity contribution is 5.84. The molecule has 0 amide bonds. The molecule has 0 bridgehead atoms. The summed E-state index contributed by atoms with van der Waals surface area (Å²) in [5.74, 6) is 0. The van der Waals surface area contributed by atoms with Gasteiger partial charge in [-0.2, -0.15) is 0 Å². The average molecular weight is 275 g/mol. The molecule has 0 fully saturated rings. The molecule has 0 spiro atoms. The Morgan fingerprint density at radius 1 is 0.810 bits per heavy atom. The quantitative estimate of drug-likeness (QED) is 0.637. The number of aromatic nitrogens is 1. The van der Waals surface area contributed by atoms with E-state index < -0.39 is 0 Å². The minimum atomic E-state index is 0.953. The summed E-state index contributed by atoms with van der Waals surface area (Å²) in [4.78, 5) is 4.79. The number of hydrogen-bond acceptors (Lipinski definition) is 1. The van der Waals surface area contributed by atoms with Crippen molar-refractivity contribution in [3.05, 3.63) is 76.0 Å². The smallest absolute Gasteiger partial charge is 0.0708 e. The number of rotatable bonds is 2. The topological polar surface area (TPSA) is 12.9 Å². The molecule has 0 saturated carbocycles. The number of pyridine rings is 1. The Balaban J connectivity index is 2.11. The number of benzene rings is 2. The van der Waals surface area contributed by atoms with Gasteiger partial charge < -0.3 is 0 Å². The maximum Gasteiger partial charge on any atom is 0.0708 e. The first-order valence-electron chi connectivity index (χ1n) is 7.46. The number of hydrogen-bond donors (Lipinski definition) is 0. The zero-order chi connectivity index (χ0) is 15.0. The minimum absolute atomic E-state index is 0.953. The fourth-order valence-electron chi connectivity index (χ4n) is 2.90. The van der Waals surface area contributed by atoms with Crippen molar-refractivity contribution in [2.45, 2.75) is 34.1 Å². The third kappa shape index (κ3) is 2.69. The molecule has 21 heavy (non-hydrogen) atoms. The van der Waals surface area contributed by atoms with E-state index in [1.54, 1.807) is 0 Å². The SMILES string of the molecule is Cc1ccc(Cc2c(C)nc3ccc(C)cc3c2C)cc1. The monoisotopic (exact) mass is 275 g/mol. The van der Waals surface area contributed by atoms with E-state index in [-0.39, 0.29) is 0 Å². The Morgan fingerprint density at radius 2 is 1.48 bits per heavy atom. The number of aryl methyl sites for hydroxylation is 4. The van der Waals surface area contributed by atoms with Gasteiger partial charge in [0.15, 0.2) is 0 Å². The van der Waals surface area contributed by atoms with Crippen LogP contribution in [-0.4, -0.2) is 4.98 Å². The van der Waals surface area contributed by atoms with E-state index in [2.05, 4.69) is 70.2 Å². The summed E-state index contributed by atoms with van der Waals surface area (Å²) in [5, 5.41) is 1.28. The first kappa shape index (κ1) is 13.8. The highest BCUT2D eigenvalue weighted by Crippen LogP contribution is 2.25. The molecule has 0 aliphatic carbocycles. The summed E-state index contributed by atoms with van der Waals surface area (Å²) < 4.78 is 0. The van der Waals surface area contributed by atoms with Gasteiger partial charge in [0.05, 0.1) is 5.52 Å². The zero-order valence-electron chi connectivity index (χ0n) is 13.2. The second-order valence-electron chi connectivity index (χ2n) is 5.98. The van der Waals surface area contributed by atoms with Gasteiger partial charge in [-0.15, -0.1) is 0 Å². The van der Waals surface area contributed by atoms with Gasteiger partial charge >= 0.3 is 0 Å². The maximum atomic E-state index is 4.79. The Morgan fingerprint density at radius 3 is 2.19 bits per heavy atom. The fraction of sp³-hybridized carbons (Fsp3) is 0.250. The summed E-state index contributed by atoms with van der Waals surface area (Å²) in [5.41, 5.74) is 8.91. The van der Waals surface area contributed by atoms with Gasteiger partial charge in [0.2, 0.25) is 0 Å². The van der Waals surface area contributed by atoms with Gasteiger partial charge in [-0.25, -0.2) is 0 Å². The van der Waals surface area contributed by atoms with Crippen molar-refractivity contribution in [3.63, 3.8) is 0 Å². The van der Waals surface area contributed by atoms with Crippen molar-refractivity contribution in [1.29, 1.82) is 0 Å². The van der Waals surface area contributed by atoms with Crippen LogP contribution in [0, 0.1) is 27.7 Å². The Labute approximate surface area is 126 Å². The predicted octanol–water partition coefficient (Wildman–Crippen LogP) is 5.06. The second kappa shape index (κ2) is 5.33. The van der Waals surface area contributed by atoms with Crippen LogP contribution in [0.4, 0.5) is 0 Å². The highest BCUT2D eigenvalue weighted by Gasteiger charge is 2.10. The zero-order valence-corrected chi connectivity index (χ0v) is 13.2. The molecule has 3 rings (SSSR count). The molecule has 0 aliphatic rings. The summed E-state index contributed by atoms with van der Waals surface area (Å²) in [6, 6.07) is 15.3. The number of nitrogens with zero attached hydrogens (tertiary/aromatic N) is 1. The van der Waals surface area contributed by atoms with Gasteiger partial charge in [-0.3, -0.25) is 4.98 Å². The van der Waals surface area contributed by atoms with E-state index in [1.165, 1.54) is 33.2 Å². The molecule has 1 heterocycles. The van der Waals surface area contributed by atoms with Gasteiger partial charge in [0.25, 0.3) is 0 Å².